The van der Waals surface area contributed by atoms with Gasteiger partial charge in [-0.3, -0.25) is 0 Å². The topological polar surface area (TPSA) is 25.4 Å². The molecular weight excluding hydrogens is 376 g/mol. The molecule has 29 heavy (non-hydrogen) atoms. The van der Waals surface area contributed by atoms with E-state index in [0.717, 1.165) is 48.0 Å². The monoisotopic (exact) mass is 408 g/mol. The lowest BCUT2D eigenvalue weighted by Crippen LogP contribution is -2.35. The quantitative estimate of drug-likeness (QED) is 0.351. The van der Waals surface area contributed by atoms with Crippen molar-refractivity contribution in [2.45, 2.75) is 46.1 Å². The second-order valence-electron chi connectivity index (χ2n) is 7.41. The van der Waals surface area contributed by atoms with Crippen LogP contribution in [0.25, 0.3) is 22.4 Å². The molecule has 1 atom stereocenters. The first kappa shape index (κ1) is 21.5. The van der Waals surface area contributed by atoms with Crippen LogP contribution >= 0.6 is 11.3 Å². The predicted molar refractivity (Wildman–Crippen MR) is 127 cm³/mol. The molecular formula is C25H32N2OS. The van der Waals surface area contributed by atoms with Gasteiger partial charge in [-0.25, -0.2) is 4.98 Å². The van der Waals surface area contributed by atoms with E-state index in [0.29, 0.717) is 6.04 Å². The van der Waals surface area contributed by atoms with E-state index >= 15 is 0 Å². The van der Waals surface area contributed by atoms with Gasteiger partial charge >= 0.3 is 0 Å². The molecule has 1 aromatic heterocycles. The van der Waals surface area contributed by atoms with E-state index in [2.05, 4.69) is 79.2 Å². The fraction of sp³-hybridized carbons (Fsp3) is 0.400. The highest BCUT2D eigenvalue weighted by Gasteiger charge is 2.12. The van der Waals surface area contributed by atoms with Crippen LogP contribution in [0.5, 0.6) is 5.75 Å². The normalized spacial score (nSPS) is 12.8. The van der Waals surface area contributed by atoms with Crippen molar-refractivity contribution < 1.29 is 4.74 Å². The molecule has 0 aliphatic heterocycles. The summed E-state index contributed by atoms with van der Waals surface area (Å²) in [6, 6.07) is 17.0. The molecule has 3 aromatic rings. The number of fused-ring (bicyclic) bond motifs is 1. The number of ether oxygens (including phenoxy) is 1. The summed E-state index contributed by atoms with van der Waals surface area (Å²) in [5, 5.41) is 1.02. The van der Waals surface area contributed by atoms with Crippen LogP contribution in [0.2, 0.25) is 0 Å². The van der Waals surface area contributed by atoms with Gasteiger partial charge in [-0.15, -0.1) is 11.3 Å². The molecule has 0 radical (unpaired) electrons. The van der Waals surface area contributed by atoms with Gasteiger partial charge in [0.2, 0.25) is 0 Å². The number of hydrogen-bond donors (Lipinski definition) is 0. The Labute approximate surface area is 179 Å². The Kier molecular flexibility index (Phi) is 8.26. The molecule has 3 rings (SSSR count). The number of aromatic nitrogens is 1. The van der Waals surface area contributed by atoms with Crippen LogP contribution in [0.1, 0.15) is 50.6 Å². The minimum Gasteiger partial charge on any atom is -0.493 e. The summed E-state index contributed by atoms with van der Waals surface area (Å²) < 4.78 is 7.38. The van der Waals surface area contributed by atoms with E-state index in [1.165, 1.54) is 17.5 Å². The maximum atomic E-state index is 6.17. The molecule has 1 unspecified atom stereocenters. The number of para-hydroxylation sites is 2. The molecule has 1 heterocycles. The van der Waals surface area contributed by atoms with Crippen LogP contribution in [0.15, 0.2) is 48.5 Å². The highest BCUT2D eigenvalue weighted by Crippen LogP contribution is 2.25. The molecule has 0 bridgehead atoms. The third-order valence-electron chi connectivity index (χ3n) is 5.07. The van der Waals surface area contributed by atoms with E-state index in [4.69, 9.17) is 4.74 Å². The van der Waals surface area contributed by atoms with E-state index in [-0.39, 0.29) is 0 Å². The van der Waals surface area contributed by atoms with Gasteiger partial charge in [0.15, 0.2) is 0 Å². The first-order valence-electron chi connectivity index (χ1n) is 10.7. The number of hydrogen-bond acceptors (Lipinski definition) is 4. The third-order valence-corrected chi connectivity index (χ3v) is 6.07. The molecule has 0 spiro atoms. The summed E-state index contributed by atoms with van der Waals surface area (Å²) in [5.74, 6) is 0.939. The van der Waals surface area contributed by atoms with Gasteiger partial charge < -0.3 is 9.64 Å². The summed E-state index contributed by atoms with van der Waals surface area (Å²) in [5.41, 5.74) is 2.15. The van der Waals surface area contributed by atoms with Crippen LogP contribution in [-0.4, -0.2) is 35.6 Å². The Balaban J connectivity index is 1.61. The van der Waals surface area contributed by atoms with Crippen molar-refractivity contribution in [3.8, 4) is 5.75 Å². The van der Waals surface area contributed by atoms with E-state index in [9.17, 15) is 0 Å². The van der Waals surface area contributed by atoms with Crippen LogP contribution < -0.4 is 4.74 Å². The summed E-state index contributed by atoms with van der Waals surface area (Å²) in [7, 11) is 0. The van der Waals surface area contributed by atoms with Crippen LogP contribution in [0.4, 0.5) is 0 Å². The lowest BCUT2D eigenvalue weighted by atomic mass is 10.1. The standard InChI is InChI=1S/C25H32N2OS/c1-4-17-27(18-5-2)20(3)16-19-28-23-12-8-6-10-21(23)14-15-25-26-22-11-7-9-13-24(22)29-25/h6-15,20H,4-5,16-19H2,1-3H3. The van der Waals surface area contributed by atoms with Crippen molar-refractivity contribution in [2.24, 2.45) is 0 Å². The molecule has 0 amide bonds. The molecule has 0 fully saturated rings. The van der Waals surface area contributed by atoms with Crippen molar-refractivity contribution in [3.05, 3.63) is 59.1 Å². The Hall–Kier alpha value is -2.17. The lowest BCUT2D eigenvalue weighted by molar-refractivity contribution is 0.174. The van der Waals surface area contributed by atoms with Crippen molar-refractivity contribution >= 4 is 33.7 Å². The molecule has 0 aliphatic rings. The van der Waals surface area contributed by atoms with Gasteiger partial charge in [-0.2, -0.15) is 0 Å². The molecule has 154 valence electrons. The number of rotatable bonds is 11. The molecule has 4 heteroatoms. The van der Waals surface area contributed by atoms with Gasteiger partial charge in [0.25, 0.3) is 0 Å². The SMILES string of the molecule is CCCN(CCC)C(C)CCOc1ccccc1C=Cc1nc2ccccc2s1. The van der Waals surface area contributed by atoms with E-state index < -0.39 is 0 Å². The minimum atomic E-state index is 0.542. The van der Waals surface area contributed by atoms with Crippen molar-refractivity contribution in [1.29, 1.82) is 0 Å². The van der Waals surface area contributed by atoms with Gasteiger partial charge in [-0.05, 0) is 69.6 Å². The second kappa shape index (κ2) is 11.1. The largest absolute Gasteiger partial charge is 0.493 e. The van der Waals surface area contributed by atoms with Crippen molar-refractivity contribution in [2.75, 3.05) is 19.7 Å². The lowest BCUT2D eigenvalue weighted by Gasteiger charge is -2.28. The summed E-state index contributed by atoms with van der Waals surface area (Å²) in [4.78, 5) is 7.25. The third kappa shape index (κ3) is 6.15. The van der Waals surface area contributed by atoms with E-state index in [1.54, 1.807) is 11.3 Å². The van der Waals surface area contributed by atoms with Gasteiger partial charge in [0, 0.05) is 11.6 Å². The predicted octanol–water partition coefficient (Wildman–Crippen LogP) is 6.75. The molecule has 3 nitrogen and oxygen atoms in total. The number of benzene rings is 2. The van der Waals surface area contributed by atoms with Crippen LogP contribution in [0.3, 0.4) is 0 Å². The maximum Gasteiger partial charge on any atom is 0.126 e. The molecule has 0 saturated heterocycles. The van der Waals surface area contributed by atoms with Gasteiger partial charge in [0.05, 0.1) is 16.8 Å². The molecule has 2 aromatic carbocycles. The summed E-state index contributed by atoms with van der Waals surface area (Å²) in [6.07, 6.45) is 7.63. The zero-order chi connectivity index (χ0) is 20.5. The Bertz CT molecular complexity index is 879. The summed E-state index contributed by atoms with van der Waals surface area (Å²) in [6.45, 7) is 9.87. The highest BCUT2D eigenvalue weighted by molar-refractivity contribution is 7.19. The fourth-order valence-electron chi connectivity index (χ4n) is 3.52. The Morgan fingerprint density at radius 2 is 1.72 bits per heavy atom. The van der Waals surface area contributed by atoms with Crippen LogP contribution in [0, 0.1) is 0 Å². The Morgan fingerprint density at radius 1 is 1.00 bits per heavy atom. The molecule has 0 N–H and O–H groups in total. The van der Waals surface area contributed by atoms with Crippen molar-refractivity contribution in [3.63, 3.8) is 0 Å². The number of thiazole rings is 1. The average molecular weight is 409 g/mol. The second-order valence-corrected chi connectivity index (χ2v) is 8.48. The molecule has 0 saturated carbocycles. The Morgan fingerprint density at radius 3 is 2.48 bits per heavy atom. The minimum absolute atomic E-state index is 0.542. The first-order valence-corrected chi connectivity index (χ1v) is 11.5. The number of nitrogens with zero attached hydrogens (tertiary/aromatic N) is 2. The van der Waals surface area contributed by atoms with E-state index in [1.807, 2.05) is 12.1 Å². The maximum absolute atomic E-state index is 6.17. The van der Waals surface area contributed by atoms with Crippen molar-refractivity contribution in [1.82, 2.24) is 9.88 Å². The molecule has 0 aliphatic carbocycles. The zero-order valence-corrected chi connectivity index (χ0v) is 18.6. The smallest absolute Gasteiger partial charge is 0.126 e. The summed E-state index contributed by atoms with van der Waals surface area (Å²) >= 11 is 1.71. The fourth-order valence-corrected chi connectivity index (χ4v) is 4.39. The van der Waals surface area contributed by atoms with Gasteiger partial charge in [-0.1, -0.05) is 44.2 Å². The zero-order valence-electron chi connectivity index (χ0n) is 17.8. The van der Waals surface area contributed by atoms with Gasteiger partial charge in [0.1, 0.15) is 10.8 Å². The van der Waals surface area contributed by atoms with Crippen LogP contribution in [-0.2, 0) is 0 Å². The average Bonchev–Trinajstić information content (AvgIpc) is 3.16. The highest BCUT2D eigenvalue weighted by atomic mass is 32.1. The first-order chi connectivity index (χ1) is 14.2.